The lowest BCUT2D eigenvalue weighted by atomic mass is 9.71. The van der Waals surface area contributed by atoms with Crippen molar-refractivity contribution in [3.8, 4) is 11.5 Å². The maximum atomic E-state index is 13.8. The zero-order valence-corrected chi connectivity index (χ0v) is 21.5. The van der Waals surface area contributed by atoms with E-state index in [1.165, 1.54) is 0 Å². The van der Waals surface area contributed by atoms with Gasteiger partial charge in [0.1, 0.15) is 6.61 Å². The maximum Gasteiger partial charge on any atom is 0.336 e. The minimum atomic E-state index is -0.489. The summed E-state index contributed by atoms with van der Waals surface area (Å²) >= 11 is 0. The van der Waals surface area contributed by atoms with Crippen molar-refractivity contribution in [1.29, 1.82) is 0 Å². The van der Waals surface area contributed by atoms with Gasteiger partial charge in [-0.1, -0.05) is 30.3 Å². The molecule has 2 aliphatic rings. The molecule has 0 amide bonds. The number of methoxy groups -OCH3 is 3. The molecular formula is C29H33NO6. The van der Waals surface area contributed by atoms with Crippen LogP contribution in [0.5, 0.6) is 11.5 Å². The lowest BCUT2D eigenvalue weighted by Gasteiger charge is -2.37. The van der Waals surface area contributed by atoms with Gasteiger partial charge in [-0.25, -0.2) is 4.79 Å². The average molecular weight is 492 g/mol. The van der Waals surface area contributed by atoms with Crippen molar-refractivity contribution in [2.45, 2.75) is 38.5 Å². The van der Waals surface area contributed by atoms with Gasteiger partial charge in [0.15, 0.2) is 17.3 Å². The Kier molecular flexibility index (Phi) is 7.79. The number of hydrogen-bond donors (Lipinski definition) is 1. The van der Waals surface area contributed by atoms with E-state index in [0.29, 0.717) is 47.8 Å². The maximum absolute atomic E-state index is 13.8. The molecule has 0 saturated carbocycles. The molecule has 0 unspecified atom stereocenters. The number of carbonyl (C=O) groups excluding carboxylic acids is 2. The summed E-state index contributed by atoms with van der Waals surface area (Å²) in [7, 11) is 4.76. The largest absolute Gasteiger partial charge is 0.493 e. The van der Waals surface area contributed by atoms with E-state index >= 15 is 0 Å². The molecule has 7 heteroatoms. The molecule has 0 spiro atoms. The summed E-state index contributed by atoms with van der Waals surface area (Å²) in [5.41, 5.74) is 5.62. The first-order valence-corrected chi connectivity index (χ1v) is 12.1. The van der Waals surface area contributed by atoms with Crippen LogP contribution >= 0.6 is 0 Å². The number of nitrogens with one attached hydrogen (secondary N) is 1. The van der Waals surface area contributed by atoms with Crippen molar-refractivity contribution >= 4 is 11.8 Å². The summed E-state index contributed by atoms with van der Waals surface area (Å²) in [6.45, 7) is 4.32. The molecule has 0 radical (unpaired) electrons. The highest BCUT2D eigenvalue weighted by molar-refractivity contribution is 6.04. The third-order valence-corrected chi connectivity index (χ3v) is 6.95. The number of hydrogen-bond acceptors (Lipinski definition) is 7. The van der Waals surface area contributed by atoms with E-state index in [0.717, 1.165) is 22.4 Å². The smallest absolute Gasteiger partial charge is 0.336 e. The van der Waals surface area contributed by atoms with Crippen molar-refractivity contribution in [1.82, 2.24) is 5.32 Å². The lowest BCUT2D eigenvalue weighted by Crippen LogP contribution is -2.36. The Balaban J connectivity index is 1.75. The molecule has 36 heavy (non-hydrogen) atoms. The minimum absolute atomic E-state index is 0.0199. The molecule has 1 N–H and O–H groups in total. The molecule has 190 valence electrons. The predicted octanol–water partition coefficient (Wildman–Crippen LogP) is 4.56. The normalized spacial score (nSPS) is 19.5. The first-order valence-electron chi connectivity index (χ1n) is 12.1. The number of rotatable bonds is 8. The number of allylic oxidation sites excluding steroid dienone is 3. The molecule has 0 bridgehead atoms. The Hall–Kier alpha value is -3.58. The standard InChI is InChI=1S/C29H33NO6/c1-17-8-6-7-9-21(17)27-26(29(32)36-13-12-33-3)18(2)30-22-14-20(15-23(31)28(22)27)19-10-11-24(34-4)25(16-19)35-5/h6-11,16,20,27,30H,12-15H2,1-5H3/t20-,27-/m0/s1. The Morgan fingerprint density at radius 3 is 2.42 bits per heavy atom. The molecule has 2 aromatic rings. The van der Waals surface area contributed by atoms with Gasteiger partial charge in [-0.3, -0.25) is 4.79 Å². The number of carbonyl (C=O) groups is 2. The second-order valence-corrected chi connectivity index (χ2v) is 9.12. The topological polar surface area (TPSA) is 83.1 Å². The van der Waals surface area contributed by atoms with E-state index in [-0.39, 0.29) is 18.3 Å². The highest BCUT2D eigenvalue weighted by atomic mass is 16.6. The van der Waals surface area contributed by atoms with Crippen LogP contribution in [-0.2, 0) is 19.1 Å². The lowest BCUT2D eigenvalue weighted by molar-refractivity contribution is -0.140. The third kappa shape index (κ3) is 4.88. The number of dihydropyridines is 1. The van der Waals surface area contributed by atoms with E-state index in [2.05, 4.69) is 5.32 Å². The molecule has 4 rings (SSSR count). The monoisotopic (exact) mass is 491 g/mol. The quantitative estimate of drug-likeness (QED) is 0.428. The molecule has 0 fully saturated rings. The van der Waals surface area contributed by atoms with Crippen molar-refractivity contribution in [3.63, 3.8) is 0 Å². The summed E-state index contributed by atoms with van der Waals surface area (Å²) in [6, 6.07) is 13.7. The van der Waals surface area contributed by atoms with E-state index in [4.69, 9.17) is 18.9 Å². The van der Waals surface area contributed by atoms with Crippen LogP contribution < -0.4 is 14.8 Å². The summed E-state index contributed by atoms with van der Waals surface area (Å²) < 4.78 is 21.4. The summed E-state index contributed by atoms with van der Waals surface area (Å²) in [5, 5.41) is 3.39. The fourth-order valence-corrected chi connectivity index (χ4v) is 5.17. The first kappa shape index (κ1) is 25.5. The SMILES string of the molecule is COCCOC(=O)C1=C(C)NC2=C(C(=O)C[C@@H](c3ccc(OC)c(OC)c3)C2)[C@H]1c1ccccc1C. The van der Waals surface area contributed by atoms with Crippen LogP contribution in [-0.4, -0.2) is 46.3 Å². The van der Waals surface area contributed by atoms with E-state index in [9.17, 15) is 9.59 Å². The van der Waals surface area contributed by atoms with Gasteiger partial charge in [-0.05, 0) is 55.0 Å². The molecule has 0 saturated heterocycles. The molecule has 1 aliphatic heterocycles. The van der Waals surface area contributed by atoms with E-state index in [1.807, 2.05) is 56.3 Å². The fourth-order valence-electron chi connectivity index (χ4n) is 5.17. The summed E-state index contributed by atoms with van der Waals surface area (Å²) in [4.78, 5) is 27.0. The Bertz CT molecular complexity index is 1230. The van der Waals surface area contributed by atoms with Crippen molar-refractivity contribution < 1.29 is 28.5 Å². The van der Waals surface area contributed by atoms with Gasteiger partial charge in [0.25, 0.3) is 0 Å². The fraction of sp³-hybridized carbons (Fsp3) is 0.379. The molecule has 2 atom stereocenters. The minimum Gasteiger partial charge on any atom is -0.493 e. The van der Waals surface area contributed by atoms with Gasteiger partial charge in [-0.2, -0.15) is 0 Å². The number of esters is 1. The predicted molar refractivity (Wildman–Crippen MR) is 136 cm³/mol. The number of ether oxygens (including phenoxy) is 4. The molecule has 0 aromatic heterocycles. The summed E-state index contributed by atoms with van der Waals surface area (Å²) in [5.74, 6) is 0.349. The van der Waals surface area contributed by atoms with Crippen molar-refractivity contribution in [2.75, 3.05) is 34.5 Å². The summed E-state index contributed by atoms with van der Waals surface area (Å²) in [6.07, 6.45) is 0.978. The van der Waals surface area contributed by atoms with Crippen LogP contribution in [0.25, 0.3) is 0 Å². The Labute approximate surface area is 212 Å². The molecule has 1 heterocycles. The number of aryl methyl sites for hydroxylation is 1. The third-order valence-electron chi connectivity index (χ3n) is 6.95. The average Bonchev–Trinajstić information content (AvgIpc) is 2.87. The molecule has 1 aliphatic carbocycles. The molecule has 7 nitrogen and oxygen atoms in total. The Morgan fingerprint density at radius 1 is 0.972 bits per heavy atom. The van der Waals surface area contributed by atoms with Crippen LogP contribution in [0.2, 0.25) is 0 Å². The van der Waals surface area contributed by atoms with Gasteiger partial charge >= 0.3 is 5.97 Å². The van der Waals surface area contributed by atoms with Gasteiger partial charge in [0.2, 0.25) is 0 Å². The second-order valence-electron chi connectivity index (χ2n) is 9.12. The second kappa shape index (κ2) is 11.0. The van der Waals surface area contributed by atoms with Crippen LogP contribution in [0.4, 0.5) is 0 Å². The zero-order valence-electron chi connectivity index (χ0n) is 21.5. The number of benzene rings is 2. The van der Waals surface area contributed by atoms with Crippen LogP contribution in [0.15, 0.2) is 65.0 Å². The number of Topliss-reactive ketones (excluding diaryl/α,β-unsaturated/α-hetero) is 1. The molecule has 2 aromatic carbocycles. The van der Waals surface area contributed by atoms with Crippen LogP contribution in [0.3, 0.4) is 0 Å². The highest BCUT2D eigenvalue weighted by Crippen LogP contribution is 2.47. The number of ketones is 1. The highest BCUT2D eigenvalue weighted by Gasteiger charge is 2.42. The first-order chi connectivity index (χ1) is 17.4. The van der Waals surface area contributed by atoms with Crippen molar-refractivity contribution in [2.24, 2.45) is 0 Å². The van der Waals surface area contributed by atoms with Crippen molar-refractivity contribution in [3.05, 3.63) is 81.7 Å². The van der Waals surface area contributed by atoms with Gasteiger partial charge in [0, 0.05) is 36.4 Å². The van der Waals surface area contributed by atoms with E-state index in [1.54, 1.807) is 21.3 Å². The Morgan fingerprint density at radius 2 is 1.72 bits per heavy atom. The van der Waals surface area contributed by atoms with Gasteiger partial charge in [-0.15, -0.1) is 0 Å². The van der Waals surface area contributed by atoms with E-state index < -0.39 is 11.9 Å². The van der Waals surface area contributed by atoms with Crippen LogP contribution in [0, 0.1) is 6.92 Å². The van der Waals surface area contributed by atoms with Crippen LogP contribution in [0.1, 0.15) is 48.3 Å². The molecular weight excluding hydrogens is 458 g/mol. The zero-order chi connectivity index (χ0) is 25.8. The van der Waals surface area contributed by atoms with Gasteiger partial charge < -0.3 is 24.3 Å². The van der Waals surface area contributed by atoms with Gasteiger partial charge in [0.05, 0.1) is 26.4 Å².